The van der Waals surface area contributed by atoms with Crippen molar-refractivity contribution < 1.29 is 19.2 Å². The van der Waals surface area contributed by atoms with Gasteiger partial charge >= 0.3 is 5.97 Å². The first-order valence-electron chi connectivity index (χ1n) is 5.50. The van der Waals surface area contributed by atoms with E-state index >= 15 is 0 Å². The van der Waals surface area contributed by atoms with Gasteiger partial charge in [0, 0.05) is 11.6 Å². The number of methoxy groups -OCH3 is 1. The first-order chi connectivity index (χ1) is 9.20. The number of nitrogens with zero attached hydrogens (tertiary/aromatic N) is 1. The summed E-state index contributed by atoms with van der Waals surface area (Å²) in [7, 11) is 1.31. The van der Waals surface area contributed by atoms with Crippen LogP contribution in [-0.2, 0) is 9.53 Å². The largest absolute Gasteiger partial charge is 0.507 e. The van der Waals surface area contributed by atoms with Crippen molar-refractivity contribution in [3.8, 4) is 28.9 Å². The van der Waals surface area contributed by atoms with Crippen molar-refractivity contribution in [1.29, 1.82) is 0 Å². The zero-order chi connectivity index (χ0) is 13.7. The molecule has 0 atom stereocenters. The van der Waals surface area contributed by atoms with E-state index < -0.39 is 0 Å². The number of esters is 1. The van der Waals surface area contributed by atoms with Gasteiger partial charge in [-0.1, -0.05) is 17.0 Å². The van der Waals surface area contributed by atoms with Crippen LogP contribution in [0.4, 0.5) is 0 Å². The van der Waals surface area contributed by atoms with Crippen molar-refractivity contribution in [1.82, 2.24) is 5.16 Å². The fraction of sp³-hybridized carbons (Fsp3) is 0.143. The zero-order valence-corrected chi connectivity index (χ0v) is 10.2. The Balaban J connectivity index is 2.24. The van der Waals surface area contributed by atoms with Crippen molar-refractivity contribution in [3.05, 3.63) is 36.0 Å². The molecule has 2 aromatic rings. The lowest BCUT2D eigenvalue weighted by Crippen LogP contribution is -1.97. The fourth-order valence-electron chi connectivity index (χ4n) is 1.46. The van der Waals surface area contributed by atoms with Crippen LogP contribution in [0.3, 0.4) is 0 Å². The predicted octanol–water partition coefficient (Wildman–Crippen LogP) is 1.96. The first-order valence-corrected chi connectivity index (χ1v) is 5.50. The van der Waals surface area contributed by atoms with E-state index in [1.54, 1.807) is 18.2 Å². The SMILES string of the molecule is COC(=O)CC#Cc1ccc(O)c(-c2ccno2)c1. The summed E-state index contributed by atoms with van der Waals surface area (Å²) in [5.41, 5.74) is 1.16. The van der Waals surface area contributed by atoms with Gasteiger partial charge in [-0.05, 0) is 18.2 Å². The third-order valence-electron chi connectivity index (χ3n) is 2.39. The van der Waals surface area contributed by atoms with E-state index in [0.717, 1.165) is 0 Å². The number of hydrogen-bond acceptors (Lipinski definition) is 5. The summed E-state index contributed by atoms with van der Waals surface area (Å²) in [4.78, 5) is 10.9. The monoisotopic (exact) mass is 257 g/mol. The molecule has 0 aliphatic rings. The van der Waals surface area contributed by atoms with Gasteiger partial charge in [-0.15, -0.1) is 0 Å². The highest BCUT2D eigenvalue weighted by Gasteiger charge is 2.08. The highest BCUT2D eigenvalue weighted by molar-refractivity contribution is 5.72. The molecule has 0 unspecified atom stereocenters. The Morgan fingerprint density at radius 3 is 3.00 bits per heavy atom. The summed E-state index contributed by atoms with van der Waals surface area (Å²) < 4.78 is 9.47. The molecule has 0 fully saturated rings. The van der Waals surface area contributed by atoms with Gasteiger partial charge in [-0.3, -0.25) is 4.79 Å². The molecule has 96 valence electrons. The van der Waals surface area contributed by atoms with Crippen LogP contribution in [-0.4, -0.2) is 23.3 Å². The Morgan fingerprint density at radius 1 is 1.47 bits per heavy atom. The van der Waals surface area contributed by atoms with E-state index in [9.17, 15) is 9.90 Å². The van der Waals surface area contributed by atoms with Crippen molar-refractivity contribution in [3.63, 3.8) is 0 Å². The molecule has 1 N–H and O–H groups in total. The molecule has 0 amide bonds. The van der Waals surface area contributed by atoms with Crippen LogP contribution in [0.15, 0.2) is 35.0 Å². The van der Waals surface area contributed by atoms with Crippen LogP contribution >= 0.6 is 0 Å². The fourth-order valence-corrected chi connectivity index (χ4v) is 1.46. The normalized spacial score (nSPS) is 9.53. The van der Waals surface area contributed by atoms with Gasteiger partial charge in [0.1, 0.15) is 12.2 Å². The number of aromatic hydroxyl groups is 1. The van der Waals surface area contributed by atoms with Crippen molar-refractivity contribution >= 4 is 5.97 Å². The Labute approximate surface area is 109 Å². The van der Waals surface area contributed by atoms with E-state index in [-0.39, 0.29) is 18.1 Å². The highest BCUT2D eigenvalue weighted by atomic mass is 16.5. The number of rotatable bonds is 2. The van der Waals surface area contributed by atoms with Crippen LogP contribution in [0.1, 0.15) is 12.0 Å². The lowest BCUT2D eigenvalue weighted by molar-refractivity contribution is -0.139. The standard InChI is InChI=1S/C14H11NO4/c1-18-14(17)4-2-3-10-5-6-12(16)11(9-10)13-7-8-15-19-13/h5-9,16H,4H2,1H3. The summed E-state index contributed by atoms with van der Waals surface area (Å²) in [6.07, 6.45) is 1.51. The average molecular weight is 257 g/mol. The van der Waals surface area contributed by atoms with Crippen molar-refractivity contribution in [2.75, 3.05) is 7.11 Å². The Hall–Kier alpha value is -2.74. The second kappa shape index (κ2) is 5.74. The van der Waals surface area contributed by atoms with Gasteiger partial charge in [0.05, 0.1) is 18.9 Å². The second-order valence-corrected chi connectivity index (χ2v) is 3.66. The molecular weight excluding hydrogens is 246 g/mol. The van der Waals surface area contributed by atoms with E-state index in [2.05, 4.69) is 21.7 Å². The van der Waals surface area contributed by atoms with Gasteiger partial charge < -0.3 is 14.4 Å². The van der Waals surface area contributed by atoms with E-state index in [1.807, 2.05) is 0 Å². The lowest BCUT2D eigenvalue weighted by Gasteiger charge is -2.00. The second-order valence-electron chi connectivity index (χ2n) is 3.66. The van der Waals surface area contributed by atoms with Crippen molar-refractivity contribution in [2.45, 2.75) is 6.42 Å². The Bertz CT molecular complexity index is 635. The number of ether oxygens (including phenoxy) is 1. The Morgan fingerprint density at radius 2 is 2.32 bits per heavy atom. The van der Waals surface area contributed by atoms with Gasteiger partial charge in [-0.2, -0.15) is 0 Å². The molecule has 1 aromatic carbocycles. The van der Waals surface area contributed by atoms with Crippen LogP contribution in [0.25, 0.3) is 11.3 Å². The molecule has 2 rings (SSSR count). The number of phenols is 1. The van der Waals surface area contributed by atoms with E-state index in [4.69, 9.17) is 4.52 Å². The molecule has 1 heterocycles. The quantitative estimate of drug-likeness (QED) is 0.657. The molecule has 0 bridgehead atoms. The zero-order valence-electron chi connectivity index (χ0n) is 10.2. The molecular formula is C14H11NO4. The van der Waals surface area contributed by atoms with Crippen molar-refractivity contribution in [2.24, 2.45) is 0 Å². The summed E-state index contributed by atoms with van der Waals surface area (Å²) in [6, 6.07) is 6.47. The number of carbonyl (C=O) groups excluding carboxylic acids is 1. The van der Waals surface area contributed by atoms with Gasteiger partial charge in [0.15, 0.2) is 5.76 Å². The number of hydrogen-bond donors (Lipinski definition) is 1. The lowest BCUT2D eigenvalue weighted by atomic mass is 10.1. The number of phenolic OH excluding ortho intramolecular Hbond substituents is 1. The van der Waals surface area contributed by atoms with Crippen LogP contribution in [0.2, 0.25) is 0 Å². The van der Waals surface area contributed by atoms with E-state index in [0.29, 0.717) is 16.9 Å². The van der Waals surface area contributed by atoms with E-state index in [1.165, 1.54) is 19.4 Å². The first kappa shape index (κ1) is 12.7. The molecule has 0 radical (unpaired) electrons. The van der Waals surface area contributed by atoms with Gasteiger partial charge in [0.25, 0.3) is 0 Å². The highest BCUT2D eigenvalue weighted by Crippen LogP contribution is 2.29. The third-order valence-corrected chi connectivity index (χ3v) is 2.39. The summed E-state index contributed by atoms with van der Waals surface area (Å²) >= 11 is 0. The molecule has 0 aliphatic carbocycles. The molecule has 0 saturated carbocycles. The summed E-state index contributed by atoms with van der Waals surface area (Å²) in [5.74, 6) is 5.65. The van der Waals surface area contributed by atoms with Crippen LogP contribution < -0.4 is 0 Å². The third kappa shape index (κ3) is 3.13. The number of aromatic nitrogens is 1. The number of carbonyl (C=O) groups is 1. The topological polar surface area (TPSA) is 72.6 Å². The van der Waals surface area contributed by atoms with Gasteiger partial charge in [0.2, 0.25) is 0 Å². The molecule has 0 aliphatic heterocycles. The molecule has 5 nitrogen and oxygen atoms in total. The summed E-state index contributed by atoms with van der Waals surface area (Å²) in [6.45, 7) is 0. The molecule has 0 saturated heterocycles. The maximum absolute atomic E-state index is 10.9. The Kier molecular flexibility index (Phi) is 3.84. The summed E-state index contributed by atoms with van der Waals surface area (Å²) in [5, 5.41) is 13.3. The number of benzene rings is 1. The molecule has 1 aromatic heterocycles. The maximum Gasteiger partial charge on any atom is 0.317 e. The average Bonchev–Trinajstić information content (AvgIpc) is 2.94. The van der Waals surface area contributed by atoms with Crippen LogP contribution in [0.5, 0.6) is 5.75 Å². The minimum absolute atomic E-state index is 0.0228. The molecule has 0 spiro atoms. The minimum atomic E-state index is -0.387. The smallest absolute Gasteiger partial charge is 0.317 e. The molecule has 5 heteroatoms. The minimum Gasteiger partial charge on any atom is -0.507 e. The molecule has 19 heavy (non-hydrogen) atoms. The maximum atomic E-state index is 10.9. The predicted molar refractivity (Wildman–Crippen MR) is 67.1 cm³/mol. The van der Waals surface area contributed by atoms with Crippen LogP contribution in [0, 0.1) is 11.8 Å². The van der Waals surface area contributed by atoms with Gasteiger partial charge in [-0.25, -0.2) is 0 Å².